The van der Waals surface area contributed by atoms with Crippen LogP contribution in [0.15, 0.2) is 53.9 Å². The number of hydrogen-bond acceptors (Lipinski definition) is 6. The lowest BCUT2D eigenvalue weighted by molar-refractivity contribution is -0.118. The quantitative estimate of drug-likeness (QED) is 0.442. The van der Waals surface area contributed by atoms with Crippen molar-refractivity contribution in [2.75, 3.05) is 26.0 Å². The van der Waals surface area contributed by atoms with E-state index >= 15 is 0 Å². The summed E-state index contributed by atoms with van der Waals surface area (Å²) in [5, 5.41) is 12.3. The molecule has 0 bridgehead atoms. The summed E-state index contributed by atoms with van der Waals surface area (Å²) in [6.45, 7) is 3.27. The number of nitrogens with zero attached hydrogens (tertiary/aromatic N) is 4. The molecule has 3 rings (SSSR count). The molecular formula is C20H23N5O2S. The number of aromatic nitrogens is 4. The monoisotopic (exact) mass is 397 g/mol. The first-order valence-corrected chi connectivity index (χ1v) is 9.99. The zero-order valence-electron chi connectivity index (χ0n) is 16.0. The third-order valence-electron chi connectivity index (χ3n) is 4.04. The van der Waals surface area contributed by atoms with Crippen LogP contribution in [0.5, 0.6) is 0 Å². The van der Waals surface area contributed by atoms with Gasteiger partial charge < -0.3 is 10.1 Å². The van der Waals surface area contributed by atoms with Gasteiger partial charge in [0.05, 0.1) is 5.75 Å². The van der Waals surface area contributed by atoms with E-state index in [1.54, 1.807) is 19.5 Å². The van der Waals surface area contributed by atoms with E-state index in [4.69, 9.17) is 4.74 Å². The molecule has 7 nitrogen and oxygen atoms in total. The average Bonchev–Trinajstić information content (AvgIpc) is 3.15. The molecule has 2 aromatic heterocycles. The van der Waals surface area contributed by atoms with E-state index in [9.17, 15) is 4.79 Å². The van der Waals surface area contributed by atoms with Gasteiger partial charge in [0.2, 0.25) is 5.91 Å². The first kappa shape index (κ1) is 20.0. The molecule has 0 aliphatic rings. The van der Waals surface area contributed by atoms with Gasteiger partial charge in [0.1, 0.15) is 0 Å². The lowest BCUT2D eigenvalue weighted by Gasteiger charge is -2.11. The van der Waals surface area contributed by atoms with E-state index in [0.29, 0.717) is 24.1 Å². The van der Waals surface area contributed by atoms with Gasteiger partial charge >= 0.3 is 0 Å². The van der Waals surface area contributed by atoms with Crippen LogP contribution in [0.25, 0.3) is 17.1 Å². The van der Waals surface area contributed by atoms with Crippen molar-refractivity contribution in [2.24, 2.45) is 0 Å². The molecule has 0 atom stereocenters. The summed E-state index contributed by atoms with van der Waals surface area (Å²) in [7, 11) is 1.65. The van der Waals surface area contributed by atoms with Crippen LogP contribution in [-0.2, 0) is 9.53 Å². The molecule has 1 aromatic carbocycles. The number of carbonyl (C=O) groups excluding carboxylic acids is 1. The van der Waals surface area contributed by atoms with Gasteiger partial charge in [-0.3, -0.25) is 14.3 Å². The first-order chi connectivity index (χ1) is 13.7. The largest absolute Gasteiger partial charge is 0.385 e. The lowest BCUT2D eigenvalue weighted by atomic mass is 10.2. The number of amides is 1. The summed E-state index contributed by atoms with van der Waals surface area (Å²) >= 11 is 1.36. The van der Waals surface area contributed by atoms with Gasteiger partial charge in [-0.1, -0.05) is 29.5 Å². The Balaban J connectivity index is 1.80. The van der Waals surface area contributed by atoms with Crippen LogP contribution in [-0.4, -0.2) is 51.7 Å². The van der Waals surface area contributed by atoms with E-state index in [1.165, 1.54) is 17.3 Å². The summed E-state index contributed by atoms with van der Waals surface area (Å²) in [5.74, 6) is 0.951. The van der Waals surface area contributed by atoms with Crippen molar-refractivity contribution in [3.63, 3.8) is 0 Å². The number of thioether (sulfide) groups is 1. The number of hydrogen-bond donors (Lipinski definition) is 1. The van der Waals surface area contributed by atoms with Crippen molar-refractivity contribution in [3.8, 4) is 17.1 Å². The van der Waals surface area contributed by atoms with Gasteiger partial charge in [-0.15, -0.1) is 10.2 Å². The molecule has 1 N–H and O–H groups in total. The highest BCUT2D eigenvalue weighted by Crippen LogP contribution is 2.27. The molecule has 0 saturated carbocycles. The van der Waals surface area contributed by atoms with Crippen LogP contribution in [0.4, 0.5) is 0 Å². The maximum absolute atomic E-state index is 12.1. The molecule has 8 heteroatoms. The van der Waals surface area contributed by atoms with Crippen LogP contribution < -0.4 is 5.32 Å². The third kappa shape index (κ3) is 5.17. The first-order valence-electron chi connectivity index (χ1n) is 9.00. The van der Waals surface area contributed by atoms with Gasteiger partial charge in [-0.25, -0.2) is 0 Å². The highest BCUT2D eigenvalue weighted by Gasteiger charge is 2.17. The molecule has 28 heavy (non-hydrogen) atoms. The van der Waals surface area contributed by atoms with Crippen molar-refractivity contribution >= 4 is 17.7 Å². The van der Waals surface area contributed by atoms with Crippen LogP contribution in [0.2, 0.25) is 0 Å². The number of nitrogens with one attached hydrogen (secondary N) is 1. The predicted molar refractivity (Wildman–Crippen MR) is 110 cm³/mol. The Hall–Kier alpha value is -2.71. The molecule has 146 valence electrons. The van der Waals surface area contributed by atoms with Gasteiger partial charge in [0.15, 0.2) is 11.0 Å². The number of aryl methyl sites for hydroxylation is 1. The van der Waals surface area contributed by atoms with Crippen LogP contribution in [0.1, 0.15) is 12.0 Å². The van der Waals surface area contributed by atoms with Gasteiger partial charge in [-0.2, -0.15) is 0 Å². The Labute approximate surface area is 168 Å². The molecule has 0 spiro atoms. The Morgan fingerprint density at radius 3 is 2.61 bits per heavy atom. The normalized spacial score (nSPS) is 10.8. The second-order valence-corrected chi connectivity index (χ2v) is 7.14. The zero-order valence-corrected chi connectivity index (χ0v) is 16.8. The minimum Gasteiger partial charge on any atom is -0.385 e. The van der Waals surface area contributed by atoms with Crippen molar-refractivity contribution < 1.29 is 9.53 Å². The molecule has 0 saturated heterocycles. The Morgan fingerprint density at radius 2 is 1.89 bits per heavy atom. The second kappa shape index (κ2) is 10.0. The molecule has 0 radical (unpaired) electrons. The smallest absolute Gasteiger partial charge is 0.230 e. The number of methoxy groups -OCH3 is 1. The standard InChI is InChI=1S/C20H23N5O2S/c1-15-4-6-17(7-5-15)25-19(16-8-11-21-12-9-16)23-24-20(25)28-14-18(26)22-10-3-13-27-2/h4-9,11-12H,3,10,13-14H2,1-2H3,(H,22,26). The van der Waals surface area contributed by atoms with E-state index in [2.05, 4.69) is 20.5 Å². The van der Waals surface area contributed by atoms with Crippen LogP contribution in [0, 0.1) is 6.92 Å². The highest BCUT2D eigenvalue weighted by atomic mass is 32.2. The number of benzene rings is 1. The van der Waals surface area contributed by atoms with Crippen molar-refractivity contribution in [2.45, 2.75) is 18.5 Å². The van der Waals surface area contributed by atoms with Gasteiger partial charge in [0, 0.05) is 43.9 Å². The van der Waals surface area contributed by atoms with E-state index in [1.807, 2.05) is 47.9 Å². The maximum Gasteiger partial charge on any atom is 0.230 e. The lowest BCUT2D eigenvalue weighted by Crippen LogP contribution is -2.26. The fourth-order valence-electron chi connectivity index (χ4n) is 2.60. The van der Waals surface area contributed by atoms with E-state index in [0.717, 1.165) is 17.7 Å². The summed E-state index contributed by atoms with van der Waals surface area (Å²) in [6.07, 6.45) is 4.24. The average molecular weight is 398 g/mol. The van der Waals surface area contributed by atoms with Crippen molar-refractivity contribution in [1.29, 1.82) is 0 Å². The van der Waals surface area contributed by atoms with Crippen molar-refractivity contribution in [1.82, 2.24) is 25.1 Å². The SMILES string of the molecule is COCCCNC(=O)CSc1nnc(-c2ccncc2)n1-c1ccc(C)cc1. The van der Waals surface area contributed by atoms with E-state index in [-0.39, 0.29) is 11.7 Å². The maximum atomic E-state index is 12.1. The van der Waals surface area contributed by atoms with Gasteiger partial charge in [0.25, 0.3) is 0 Å². The molecule has 0 aliphatic heterocycles. The number of carbonyl (C=O) groups is 1. The molecule has 0 fully saturated rings. The second-order valence-electron chi connectivity index (χ2n) is 6.20. The number of ether oxygens (including phenoxy) is 1. The topological polar surface area (TPSA) is 81.9 Å². The fourth-order valence-corrected chi connectivity index (χ4v) is 3.39. The zero-order chi connectivity index (χ0) is 19.8. The number of pyridine rings is 1. The fraction of sp³-hybridized carbons (Fsp3) is 0.300. The molecule has 3 aromatic rings. The summed E-state index contributed by atoms with van der Waals surface area (Å²) < 4.78 is 6.96. The predicted octanol–water partition coefficient (Wildman–Crippen LogP) is 2.88. The Morgan fingerprint density at radius 1 is 1.14 bits per heavy atom. The highest BCUT2D eigenvalue weighted by molar-refractivity contribution is 7.99. The molecule has 1 amide bonds. The summed E-state index contributed by atoms with van der Waals surface area (Å²) in [6, 6.07) is 11.9. The van der Waals surface area contributed by atoms with Crippen LogP contribution in [0.3, 0.4) is 0 Å². The summed E-state index contributed by atoms with van der Waals surface area (Å²) in [4.78, 5) is 16.2. The molecular weight excluding hydrogens is 374 g/mol. The third-order valence-corrected chi connectivity index (χ3v) is 4.97. The van der Waals surface area contributed by atoms with Gasteiger partial charge in [-0.05, 0) is 37.6 Å². The molecule has 0 aliphatic carbocycles. The minimum absolute atomic E-state index is 0.0370. The van der Waals surface area contributed by atoms with Crippen LogP contribution >= 0.6 is 11.8 Å². The number of rotatable bonds is 9. The van der Waals surface area contributed by atoms with Crippen molar-refractivity contribution in [3.05, 3.63) is 54.4 Å². The minimum atomic E-state index is -0.0370. The van der Waals surface area contributed by atoms with E-state index < -0.39 is 0 Å². The molecule has 0 unspecified atom stereocenters. The Bertz CT molecular complexity index is 897. The summed E-state index contributed by atoms with van der Waals surface area (Å²) in [5.41, 5.74) is 3.04. The molecule has 2 heterocycles. The Kier molecular flexibility index (Phi) is 7.16.